The average molecular weight is 391 g/mol. The molecule has 0 bridgehead atoms. The van der Waals surface area contributed by atoms with Gasteiger partial charge in [-0.15, -0.1) is 0 Å². The largest absolute Gasteiger partial charge is 0.493 e. The van der Waals surface area contributed by atoms with Crippen molar-refractivity contribution in [3.05, 3.63) is 71.9 Å². The first-order chi connectivity index (χ1) is 14.1. The average Bonchev–Trinajstić information content (AvgIpc) is 2.75. The van der Waals surface area contributed by atoms with Crippen LogP contribution in [-0.2, 0) is 11.2 Å². The Bertz CT molecular complexity index is 971. The molecule has 6 heteroatoms. The summed E-state index contributed by atoms with van der Waals surface area (Å²) in [7, 11) is 3.19. The minimum atomic E-state index is -0.0908. The molecule has 0 aliphatic carbocycles. The van der Waals surface area contributed by atoms with E-state index in [-0.39, 0.29) is 5.91 Å². The third-order valence-corrected chi connectivity index (χ3v) is 4.54. The number of nitrogens with one attached hydrogen (secondary N) is 2. The fourth-order valence-electron chi connectivity index (χ4n) is 2.91. The highest BCUT2D eigenvalue weighted by molar-refractivity contribution is 5.90. The van der Waals surface area contributed by atoms with Crippen LogP contribution in [0, 0.1) is 6.92 Å². The van der Waals surface area contributed by atoms with Crippen LogP contribution in [-0.4, -0.2) is 25.1 Å². The zero-order valence-electron chi connectivity index (χ0n) is 16.9. The number of nitrogens with zero attached hydrogens (tertiary/aromatic N) is 1. The van der Waals surface area contributed by atoms with Gasteiger partial charge < -0.3 is 20.1 Å². The van der Waals surface area contributed by atoms with E-state index in [1.807, 2.05) is 55.5 Å². The van der Waals surface area contributed by atoms with Crippen LogP contribution in [0.4, 0.5) is 17.2 Å². The van der Waals surface area contributed by atoms with Gasteiger partial charge in [-0.05, 0) is 54.8 Å². The first-order valence-corrected chi connectivity index (χ1v) is 9.38. The van der Waals surface area contributed by atoms with E-state index in [4.69, 9.17) is 9.47 Å². The predicted molar refractivity (Wildman–Crippen MR) is 115 cm³/mol. The Morgan fingerprint density at radius 2 is 1.79 bits per heavy atom. The van der Waals surface area contributed by atoms with Gasteiger partial charge in [0.25, 0.3) is 0 Å². The second-order valence-corrected chi connectivity index (χ2v) is 6.61. The fraction of sp³-hybridized carbons (Fsp3) is 0.217. The number of aromatic nitrogens is 1. The molecule has 0 saturated heterocycles. The molecule has 0 unspecified atom stereocenters. The molecule has 3 rings (SSSR count). The molecule has 1 heterocycles. The van der Waals surface area contributed by atoms with E-state index in [9.17, 15) is 4.79 Å². The highest BCUT2D eigenvalue weighted by Gasteiger charge is 2.08. The third kappa shape index (κ3) is 5.48. The summed E-state index contributed by atoms with van der Waals surface area (Å²) in [6.45, 7) is 2.04. The molecule has 0 saturated carbocycles. The van der Waals surface area contributed by atoms with Crippen LogP contribution in [0.1, 0.15) is 17.5 Å². The maximum Gasteiger partial charge on any atom is 0.225 e. The lowest BCUT2D eigenvalue weighted by Gasteiger charge is -2.11. The van der Waals surface area contributed by atoms with Crippen molar-refractivity contribution in [1.82, 2.24) is 4.98 Å². The molecule has 2 N–H and O–H groups in total. The summed E-state index contributed by atoms with van der Waals surface area (Å²) in [6.07, 6.45) is 2.65. The second kappa shape index (κ2) is 9.59. The maximum atomic E-state index is 12.3. The van der Waals surface area contributed by atoms with Gasteiger partial charge in [0.1, 0.15) is 5.82 Å². The van der Waals surface area contributed by atoms with E-state index in [1.165, 1.54) is 0 Å². The molecule has 0 spiro atoms. The van der Waals surface area contributed by atoms with Crippen molar-refractivity contribution < 1.29 is 14.3 Å². The lowest BCUT2D eigenvalue weighted by molar-refractivity contribution is -0.116. The summed E-state index contributed by atoms with van der Waals surface area (Å²) in [5.74, 6) is 1.76. The summed E-state index contributed by atoms with van der Waals surface area (Å²) in [5.41, 5.74) is 4.05. The van der Waals surface area contributed by atoms with Crippen LogP contribution in [0.3, 0.4) is 0 Å². The monoisotopic (exact) mass is 391 g/mol. The van der Waals surface area contributed by atoms with Crippen LogP contribution in [0.5, 0.6) is 11.5 Å². The number of carbonyl (C=O) groups excluding carboxylic acids is 1. The molecule has 0 aliphatic heterocycles. The Kier molecular flexibility index (Phi) is 6.68. The zero-order valence-corrected chi connectivity index (χ0v) is 16.9. The fourth-order valence-corrected chi connectivity index (χ4v) is 2.91. The quantitative estimate of drug-likeness (QED) is 0.581. The predicted octanol–water partition coefficient (Wildman–Crippen LogP) is 4.72. The first kappa shape index (κ1) is 20.2. The molecule has 3 aromatic rings. The molecular weight excluding hydrogens is 366 g/mol. The maximum absolute atomic E-state index is 12.3. The van der Waals surface area contributed by atoms with Crippen molar-refractivity contribution in [3.8, 4) is 11.5 Å². The van der Waals surface area contributed by atoms with Gasteiger partial charge in [-0.25, -0.2) is 4.98 Å². The number of ether oxygens (including phenoxy) is 2. The molecule has 29 heavy (non-hydrogen) atoms. The van der Waals surface area contributed by atoms with E-state index < -0.39 is 0 Å². The van der Waals surface area contributed by atoms with E-state index in [2.05, 4.69) is 15.6 Å². The summed E-state index contributed by atoms with van der Waals surface area (Å²) in [4.78, 5) is 16.6. The highest BCUT2D eigenvalue weighted by Crippen LogP contribution is 2.28. The van der Waals surface area contributed by atoms with Crippen LogP contribution in [0.25, 0.3) is 0 Å². The highest BCUT2D eigenvalue weighted by atomic mass is 16.5. The van der Waals surface area contributed by atoms with Gasteiger partial charge in [0, 0.05) is 12.1 Å². The summed E-state index contributed by atoms with van der Waals surface area (Å²) >= 11 is 0. The normalized spacial score (nSPS) is 10.3. The van der Waals surface area contributed by atoms with E-state index in [0.717, 1.165) is 22.5 Å². The van der Waals surface area contributed by atoms with Crippen molar-refractivity contribution in [2.75, 3.05) is 24.9 Å². The van der Waals surface area contributed by atoms with Gasteiger partial charge in [0.2, 0.25) is 5.91 Å². The summed E-state index contributed by atoms with van der Waals surface area (Å²) in [6, 6.07) is 17.4. The number of benzene rings is 2. The number of rotatable bonds is 8. The Hall–Kier alpha value is -3.54. The molecular formula is C23H25N3O3. The summed E-state index contributed by atoms with van der Waals surface area (Å²) in [5, 5.41) is 6.15. The minimum Gasteiger partial charge on any atom is -0.493 e. The Morgan fingerprint density at radius 3 is 2.48 bits per heavy atom. The van der Waals surface area contributed by atoms with E-state index in [0.29, 0.717) is 30.2 Å². The minimum absolute atomic E-state index is 0.0908. The zero-order chi connectivity index (χ0) is 20.6. The molecule has 0 radical (unpaired) electrons. The van der Waals surface area contributed by atoms with Crippen LogP contribution in [0.2, 0.25) is 0 Å². The van der Waals surface area contributed by atoms with Crippen LogP contribution >= 0.6 is 0 Å². The van der Waals surface area contributed by atoms with Crippen LogP contribution < -0.4 is 20.1 Å². The molecule has 150 valence electrons. The Morgan fingerprint density at radius 1 is 1.00 bits per heavy atom. The molecule has 0 fully saturated rings. The van der Waals surface area contributed by atoms with Crippen LogP contribution in [0.15, 0.2) is 60.8 Å². The number of hydrogen-bond donors (Lipinski definition) is 2. The number of anilines is 3. The standard InChI is InChI=1S/C23H25N3O3/c1-16-6-4-5-7-19(16)25-18-10-12-22(24-15-18)26-23(27)13-9-17-8-11-20(28-2)21(14-17)29-3/h4-8,10-12,14-15,25H,9,13H2,1-3H3,(H,24,26,27). The van der Waals surface area contributed by atoms with Crippen molar-refractivity contribution in [2.45, 2.75) is 19.8 Å². The van der Waals surface area contributed by atoms with Gasteiger partial charge in [-0.3, -0.25) is 4.79 Å². The van der Waals surface area contributed by atoms with Gasteiger partial charge in [0.15, 0.2) is 11.5 Å². The lowest BCUT2D eigenvalue weighted by atomic mass is 10.1. The second-order valence-electron chi connectivity index (χ2n) is 6.61. The number of hydrogen-bond acceptors (Lipinski definition) is 5. The number of aryl methyl sites for hydroxylation is 2. The molecule has 2 aromatic carbocycles. The Labute approximate surface area is 170 Å². The number of carbonyl (C=O) groups is 1. The Balaban J connectivity index is 1.54. The molecule has 1 aromatic heterocycles. The van der Waals surface area contributed by atoms with Crippen molar-refractivity contribution in [3.63, 3.8) is 0 Å². The smallest absolute Gasteiger partial charge is 0.225 e. The SMILES string of the molecule is COc1ccc(CCC(=O)Nc2ccc(Nc3ccccc3C)cn2)cc1OC. The van der Waals surface area contributed by atoms with Gasteiger partial charge >= 0.3 is 0 Å². The molecule has 1 amide bonds. The van der Waals surface area contributed by atoms with Crippen molar-refractivity contribution in [1.29, 1.82) is 0 Å². The number of pyridine rings is 1. The van der Waals surface area contributed by atoms with Crippen molar-refractivity contribution in [2.24, 2.45) is 0 Å². The molecule has 0 atom stereocenters. The third-order valence-electron chi connectivity index (χ3n) is 4.54. The lowest BCUT2D eigenvalue weighted by Crippen LogP contribution is -2.13. The van der Waals surface area contributed by atoms with Gasteiger partial charge in [0.05, 0.1) is 26.1 Å². The number of amides is 1. The number of para-hydroxylation sites is 1. The van der Waals surface area contributed by atoms with Gasteiger partial charge in [-0.1, -0.05) is 24.3 Å². The van der Waals surface area contributed by atoms with Crippen molar-refractivity contribution >= 4 is 23.1 Å². The topological polar surface area (TPSA) is 72.5 Å². The summed E-state index contributed by atoms with van der Waals surface area (Å²) < 4.78 is 10.5. The van der Waals surface area contributed by atoms with E-state index in [1.54, 1.807) is 26.5 Å². The molecule has 6 nitrogen and oxygen atoms in total. The van der Waals surface area contributed by atoms with E-state index >= 15 is 0 Å². The first-order valence-electron chi connectivity index (χ1n) is 9.38. The van der Waals surface area contributed by atoms with Gasteiger partial charge in [-0.2, -0.15) is 0 Å². The number of methoxy groups -OCH3 is 2. The molecule has 0 aliphatic rings.